The van der Waals surface area contributed by atoms with Crippen LogP contribution in [0.1, 0.15) is 22.8 Å². The van der Waals surface area contributed by atoms with Crippen LogP contribution in [-0.2, 0) is 14.8 Å². The number of carbonyl (C=O) groups is 2. The van der Waals surface area contributed by atoms with Crippen molar-refractivity contribution in [2.24, 2.45) is 0 Å². The highest BCUT2D eigenvalue weighted by Crippen LogP contribution is 2.16. The number of amides is 2. The van der Waals surface area contributed by atoms with Gasteiger partial charge in [-0.2, -0.15) is 0 Å². The molecule has 3 N–H and O–H groups in total. The molecule has 0 atom stereocenters. The van der Waals surface area contributed by atoms with Gasteiger partial charge in [0.15, 0.2) is 0 Å². The van der Waals surface area contributed by atoms with Crippen LogP contribution in [-0.4, -0.2) is 32.5 Å². The monoisotopic (exact) mass is 375 g/mol. The van der Waals surface area contributed by atoms with Gasteiger partial charge in [-0.05, 0) is 37.3 Å². The van der Waals surface area contributed by atoms with Gasteiger partial charge in [-0.25, -0.2) is 8.42 Å². The van der Waals surface area contributed by atoms with E-state index in [-0.39, 0.29) is 24.1 Å². The molecule has 2 amide bonds. The molecule has 7 nitrogen and oxygen atoms in total. The van der Waals surface area contributed by atoms with Gasteiger partial charge in [-0.1, -0.05) is 23.8 Å². The van der Waals surface area contributed by atoms with E-state index < -0.39 is 10.0 Å². The van der Waals surface area contributed by atoms with E-state index in [1.54, 1.807) is 36.4 Å². The minimum Gasteiger partial charge on any atom is -0.351 e. The van der Waals surface area contributed by atoms with Gasteiger partial charge in [0.2, 0.25) is 15.9 Å². The molecule has 138 valence electrons. The molecular formula is C18H21N3O4S. The SMILES string of the molecule is CC(=O)Nc1cccc(NS(=O)(=O)CCNC(=O)c2cccc(C)c2)c1. The minimum absolute atomic E-state index is 0.0203. The maximum Gasteiger partial charge on any atom is 0.251 e. The molecule has 2 aromatic carbocycles. The van der Waals surface area contributed by atoms with Crippen LogP contribution in [0.3, 0.4) is 0 Å². The maximum absolute atomic E-state index is 12.2. The van der Waals surface area contributed by atoms with Crippen molar-refractivity contribution >= 4 is 33.2 Å². The van der Waals surface area contributed by atoms with Crippen LogP contribution >= 0.6 is 0 Å². The van der Waals surface area contributed by atoms with E-state index in [4.69, 9.17) is 0 Å². The summed E-state index contributed by atoms with van der Waals surface area (Å²) in [5, 5.41) is 5.17. The first-order valence-corrected chi connectivity index (χ1v) is 9.63. The largest absolute Gasteiger partial charge is 0.351 e. The Balaban J connectivity index is 1.91. The molecule has 0 heterocycles. The molecule has 0 fully saturated rings. The van der Waals surface area contributed by atoms with Crippen LogP contribution in [0.2, 0.25) is 0 Å². The molecule has 0 aliphatic heterocycles. The second-order valence-electron chi connectivity index (χ2n) is 5.81. The Morgan fingerprint density at radius 2 is 1.69 bits per heavy atom. The first-order valence-electron chi connectivity index (χ1n) is 7.98. The van der Waals surface area contributed by atoms with Crippen molar-refractivity contribution in [2.75, 3.05) is 22.3 Å². The molecule has 0 saturated heterocycles. The Morgan fingerprint density at radius 1 is 1.00 bits per heavy atom. The lowest BCUT2D eigenvalue weighted by Gasteiger charge is -2.10. The Hall–Kier alpha value is -2.87. The van der Waals surface area contributed by atoms with Gasteiger partial charge in [-0.15, -0.1) is 0 Å². The molecule has 0 unspecified atom stereocenters. The standard InChI is InChI=1S/C18H21N3O4S/c1-13-5-3-6-15(11-13)18(23)19-9-10-26(24,25)21-17-8-4-7-16(12-17)20-14(2)22/h3-8,11-12,21H,9-10H2,1-2H3,(H,19,23)(H,20,22). The molecule has 2 rings (SSSR count). The molecule has 0 bridgehead atoms. The summed E-state index contributed by atoms with van der Waals surface area (Å²) >= 11 is 0. The van der Waals surface area contributed by atoms with Crippen molar-refractivity contribution in [3.8, 4) is 0 Å². The molecule has 0 aliphatic carbocycles. The predicted octanol–water partition coefficient (Wildman–Crippen LogP) is 2.13. The summed E-state index contributed by atoms with van der Waals surface area (Å²) in [6.07, 6.45) is 0. The zero-order valence-corrected chi connectivity index (χ0v) is 15.4. The van der Waals surface area contributed by atoms with Crippen molar-refractivity contribution in [1.29, 1.82) is 0 Å². The number of anilines is 2. The van der Waals surface area contributed by atoms with Crippen LogP contribution in [0.25, 0.3) is 0 Å². The van der Waals surface area contributed by atoms with E-state index in [9.17, 15) is 18.0 Å². The highest BCUT2D eigenvalue weighted by Gasteiger charge is 2.12. The molecule has 0 aromatic heterocycles. The molecule has 2 aromatic rings. The minimum atomic E-state index is -3.64. The van der Waals surface area contributed by atoms with Gasteiger partial charge in [0.1, 0.15) is 0 Å². The van der Waals surface area contributed by atoms with Gasteiger partial charge < -0.3 is 10.6 Å². The summed E-state index contributed by atoms with van der Waals surface area (Å²) < 4.78 is 26.7. The number of sulfonamides is 1. The normalized spacial score (nSPS) is 10.8. The lowest BCUT2D eigenvalue weighted by molar-refractivity contribution is -0.114. The number of carbonyl (C=O) groups excluding carboxylic acids is 2. The van der Waals surface area contributed by atoms with Gasteiger partial charge in [0, 0.05) is 24.7 Å². The third kappa shape index (κ3) is 6.21. The van der Waals surface area contributed by atoms with Crippen molar-refractivity contribution in [3.63, 3.8) is 0 Å². The van der Waals surface area contributed by atoms with E-state index in [1.165, 1.54) is 13.0 Å². The fraction of sp³-hybridized carbons (Fsp3) is 0.222. The molecule has 0 aliphatic rings. The van der Waals surface area contributed by atoms with Crippen LogP contribution in [0, 0.1) is 6.92 Å². The van der Waals surface area contributed by atoms with Crippen LogP contribution in [0.15, 0.2) is 48.5 Å². The van der Waals surface area contributed by atoms with E-state index >= 15 is 0 Å². The maximum atomic E-state index is 12.2. The molecular weight excluding hydrogens is 354 g/mol. The van der Waals surface area contributed by atoms with Crippen molar-refractivity contribution < 1.29 is 18.0 Å². The summed E-state index contributed by atoms with van der Waals surface area (Å²) in [5.74, 6) is -0.838. The van der Waals surface area contributed by atoms with Crippen LogP contribution in [0.5, 0.6) is 0 Å². The van der Waals surface area contributed by atoms with Crippen molar-refractivity contribution in [3.05, 3.63) is 59.7 Å². The van der Waals surface area contributed by atoms with Crippen molar-refractivity contribution in [2.45, 2.75) is 13.8 Å². The Labute approximate surface area is 152 Å². The fourth-order valence-electron chi connectivity index (χ4n) is 2.28. The summed E-state index contributed by atoms with van der Waals surface area (Å²) in [4.78, 5) is 23.1. The zero-order valence-electron chi connectivity index (χ0n) is 14.6. The van der Waals surface area contributed by atoms with Gasteiger partial charge >= 0.3 is 0 Å². The fourth-order valence-corrected chi connectivity index (χ4v) is 3.24. The number of aryl methyl sites for hydroxylation is 1. The molecule has 26 heavy (non-hydrogen) atoms. The Kier molecular flexibility index (Phi) is 6.35. The number of nitrogens with one attached hydrogen (secondary N) is 3. The average molecular weight is 375 g/mol. The lowest BCUT2D eigenvalue weighted by Crippen LogP contribution is -2.31. The molecule has 0 spiro atoms. The lowest BCUT2D eigenvalue weighted by atomic mass is 10.1. The zero-order chi connectivity index (χ0) is 19.2. The topological polar surface area (TPSA) is 104 Å². The Bertz CT molecular complexity index is 910. The number of hydrogen-bond acceptors (Lipinski definition) is 4. The first kappa shape index (κ1) is 19.5. The van der Waals surface area contributed by atoms with Gasteiger partial charge in [0.25, 0.3) is 5.91 Å². The number of benzene rings is 2. The summed E-state index contributed by atoms with van der Waals surface area (Å²) in [5.41, 5.74) is 2.26. The summed E-state index contributed by atoms with van der Waals surface area (Å²) in [6, 6.07) is 13.4. The summed E-state index contributed by atoms with van der Waals surface area (Å²) in [7, 11) is -3.64. The van der Waals surface area contributed by atoms with Crippen LogP contribution < -0.4 is 15.4 Å². The second-order valence-corrected chi connectivity index (χ2v) is 7.65. The summed E-state index contributed by atoms with van der Waals surface area (Å²) in [6.45, 7) is 3.22. The van der Waals surface area contributed by atoms with E-state index in [2.05, 4.69) is 15.4 Å². The number of hydrogen-bond donors (Lipinski definition) is 3. The van der Waals surface area contributed by atoms with E-state index in [1.807, 2.05) is 13.0 Å². The highest BCUT2D eigenvalue weighted by molar-refractivity contribution is 7.92. The van der Waals surface area contributed by atoms with Crippen molar-refractivity contribution in [1.82, 2.24) is 5.32 Å². The molecule has 0 radical (unpaired) electrons. The van der Waals surface area contributed by atoms with Gasteiger partial charge in [0.05, 0.1) is 11.4 Å². The van der Waals surface area contributed by atoms with Crippen LogP contribution in [0.4, 0.5) is 11.4 Å². The third-order valence-corrected chi connectivity index (χ3v) is 4.68. The molecule has 8 heteroatoms. The third-order valence-electron chi connectivity index (χ3n) is 3.39. The highest BCUT2D eigenvalue weighted by atomic mass is 32.2. The van der Waals surface area contributed by atoms with E-state index in [0.717, 1.165) is 5.56 Å². The van der Waals surface area contributed by atoms with E-state index in [0.29, 0.717) is 16.9 Å². The first-order chi connectivity index (χ1) is 12.2. The Morgan fingerprint density at radius 3 is 2.38 bits per heavy atom. The predicted molar refractivity (Wildman–Crippen MR) is 102 cm³/mol. The molecule has 0 saturated carbocycles. The van der Waals surface area contributed by atoms with Gasteiger partial charge in [-0.3, -0.25) is 14.3 Å². The second kappa shape index (κ2) is 8.48. The smallest absolute Gasteiger partial charge is 0.251 e. The quantitative estimate of drug-likeness (QED) is 0.689. The average Bonchev–Trinajstić information content (AvgIpc) is 2.53. The number of rotatable bonds is 7.